The van der Waals surface area contributed by atoms with Gasteiger partial charge in [0.25, 0.3) is 11.5 Å². The summed E-state index contributed by atoms with van der Waals surface area (Å²) in [6, 6.07) is 2.28. The SMILES string of the molecule is O=C(c1cc([N+](=O)[O-])ccc1Cl)C(F)(F)F. The zero-order valence-electron chi connectivity index (χ0n) is 7.42. The molecular weight excluding hydrogens is 251 g/mol. The smallest absolute Gasteiger partial charge is 0.284 e. The van der Waals surface area contributed by atoms with Crippen molar-refractivity contribution in [3.63, 3.8) is 0 Å². The molecule has 8 heteroatoms. The molecule has 0 N–H and O–H groups in total. The van der Waals surface area contributed by atoms with Gasteiger partial charge in [-0.25, -0.2) is 0 Å². The van der Waals surface area contributed by atoms with Crippen LogP contribution in [0, 0.1) is 10.1 Å². The average Bonchev–Trinajstić information content (AvgIpc) is 2.15. The summed E-state index contributed by atoms with van der Waals surface area (Å²) in [6.45, 7) is 0. The zero-order valence-corrected chi connectivity index (χ0v) is 8.17. The molecule has 1 rings (SSSR count). The zero-order chi connectivity index (χ0) is 12.5. The second kappa shape index (κ2) is 4.09. The first kappa shape index (κ1) is 12.4. The van der Waals surface area contributed by atoms with Crippen LogP contribution in [-0.4, -0.2) is 16.9 Å². The highest BCUT2D eigenvalue weighted by molar-refractivity contribution is 6.34. The molecule has 0 aliphatic heterocycles. The van der Waals surface area contributed by atoms with Crippen molar-refractivity contribution < 1.29 is 22.9 Å². The van der Waals surface area contributed by atoms with Crippen LogP contribution in [0.4, 0.5) is 18.9 Å². The highest BCUT2D eigenvalue weighted by Crippen LogP contribution is 2.28. The van der Waals surface area contributed by atoms with Crippen LogP contribution < -0.4 is 0 Å². The first-order chi connectivity index (χ1) is 7.23. The largest absolute Gasteiger partial charge is 0.454 e. The number of carbonyl (C=O) groups is 1. The molecule has 0 heterocycles. The number of non-ortho nitro benzene ring substituents is 1. The Morgan fingerprint density at radius 2 is 1.94 bits per heavy atom. The summed E-state index contributed by atoms with van der Waals surface area (Å²) in [5.41, 5.74) is -1.56. The first-order valence-electron chi connectivity index (χ1n) is 3.79. The van der Waals surface area contributed by atoms with Crippen LogP contribution in [0.2, 0.25) is 5.02 Å². The molecule has 0 aliphatic carbocycles. The van der Waals surface area contributed by atoms with Crippen LogP contribution in [0.1, 0.15) is 10.4 Å². The highest BCUT2D eigenvalue weighted by atomic mass is 35.5. The van der Waals surface area contributed by atoms with E-state index in [1.165, 1.54) is 0 Å². The Morgan fingerprint density at radius 3 is 2.38 bits per heavy atom. The lowest BCUT2D eigenvalue weighted by Crippen LogP contribution is -2.23. The van der Waals surface area contributed by atoms with Crippen molar-refractivity contribution in [2.24, 2.45) is 0 Å². The third kappa shape index (κ3) is 2.48. The Kier molecular flexibility index (Phi) is 3.18. The summed E-state index contributed by atoms with van der Waals surface area (Å²) in [7, 11) is 0. The molecule has 0 radical (unpaired) electrons. The molecule has 0 unspecified atom stereocenters. The van der Waals surface area contributed by atoms with Gasteiger partial charge >= 0.3 is 6.18 Å². The monoisotopic (exact) mass is 253 g/mol. The van der Waals surface area contributed by atoms with E-state index in [-0.39, 0.29) is 0 Å². The number of rotatable bonds is 2. The first-order valence-corrected chi connectivity index (χ1v) is 4.16. The van der Waals surface area contributed by atoms with Crippen molar-refractivity contribution in [3.05, 3.63) is 38.9 Å². The van der Waals surface area contributed by atoms with Gasteiger partial charge in [0.15, 0.2) is 0 Å². The number of ketones is 1. The number of Topliss-reactive ketones (excluding diaryl/α,β-unsaturated/α-hetero) is 1. The van der Waals surface area contributed by atoms with Crippen molar-refractivity contribution in [1.82, 2.24) is 0 Å². The van der Waals surface area contributed by atoms with Gasteiger partial charge in [0, 0.05) is 12.1 Å². The molecule has 0 aromatic heterocycles. The van der Waals surface area contributed by atoms with E-state index < -0.39 is 33.2 Å². The molecule has 1 aromatic carbocycles. The lowest BCUT2D eigenvalue weighted by atomic mass is 10.1. The number of alkyl halides is 3. The summed E-state index contributed by atoms with van der Waals surface area (Å²) in [4.78, 5) is 20.2. The number of nitro benzene ring substituents is 1. The minimum absolute atomic E-state index is 0.479. The molecule has 0 atom stereocenters. The van der Waals surface area contributed by atoms with Crippen LogP contribution in [0.3, 0.4) is 0 Å². The molecule has 0 aliphatic rings. The second-order valence-corrected chi connectivity index (χ2v) is 3.16. The van der Waals surface area contributed by atoms with E-state index in [0.717, 1.165) is 12.1 Å². The minimum atomic E-state index is -5.11. The molecule has 0 saturated carbocycles. The van der Waals surface area contributed by atoms with E-state index >= 15 is 0 Å². The maximum absolute atomic E-state index is 12.1. The summed E-state index contributed by atoms with van der Waals surface area (Å²) < 4.78 is 36.2. The van der Waals surface area contributed by atoms with Crippen molar-refractivity contribution in [2.45, 2.75) is 6.18 Å². The molecule has 0 saturated heterocycles. The van der Waals surface area contributed by atoms with Gasteiger partial charge in [0.05, 0.1) is 15.5 Å². The summed E-state index contributed by atoms with van der Waals surface area (Å²) >= 11 is 5.36. The van der Waals surface area contributed by atoms with Gasteiger partial charge in [-0.1, -0.05) is 11.6 Å². The van der Waals surface area contributed by atoms with E-state index in [2.05, 4.69) is 0 Å². The van der Waals surface area contributed by atoms with E-state index in [9.17, 15) is 28.1 Å². The Hall–Kier alpha value is -1.63. The summed E-state index contributed by atoms with van der Waals surface area (Å²) in [5.74, 6) is -2.21. The van der Waals surface area contributed by atoms with Gasteiger partial charge in [-0.15, -0.1) is 0 Å². The number of benzene rings is 1. The molecule has 0 spiro atoms. The molecule has 0 amide bonds. The molecule has 86 valence electrons. The number of hydrogen-bond acceptors (Lipinski definition) is 3. The standard InChI is InChI=1S/C8H3ClF3NO3/c9-6-2-1-4(13(15)16)3-5(6)7(14)8(10,11)12/h1-3H. The van der Waals surface area contributed by atoms with Crippen molar-refractivity contribution in [3.8, 4) is 0 Å². The van der Waals surface area contributed by atoms with Crippen LogP contribution >= 0.6 is 11.6 Å². The number of hydrogen-bond donors (Lipinski definition) is 0. The Bertz CT molecular complexity index is 458. The number of nitrogens with zero attached hydrogens (tertiary/aromatic N) is 1. The normalized spacial score (nSPS) is 11.2. The van der Waals surface area contributed by atoms with Gasteiger partial charge in [-0.05, 0) is 6.07 Å². The van der Waals surface area contributed by atoms with Crippen LogP contribution in [0.5, 0.6) is 0 Å². The second-order valence-electron chi connectivity index (χ2n) is 2.75. The van der Waals surface area contributed by atoms with Crippen LogP contribution in [0.25, 0.3) is 0 Å². The van der Waals surface area contributed by atoms with E-state index in [0.29, 0.717) is 6.07 Å². The fraction of sp³-hybridized carbons (Fsp3) is 0.125. The van der Waals surface area contributed by atoms with Crippen molar-refractivity contribution in [1.29, 1.82) is 0 Å². The third-order valence-corrected chi connectivity index (χ3v) is 1.99. The number of carbonyl (C=O) groups excluding carboxylic acids is 1. The predicted molar refractivity (Wildman–Crippen MR) is 48.5 cm³/mol. The lowest BCUT2D eigenvalue weighted by molar-refractivity contribution is -0.384. The van der Waals surface area contributed by atoms with Crippen molar-refractivity contribution >= 4 is 23.1 Å². The Labute approximate surface area is 91.8 Å². The van der Waals surface area contributed by atoms with Gasteiger partial charge in [-0.3, -0.25) is 14.9 Å². The Balaban J connectivity index is 3.28. The molecule has 0 fully saturated rings. The van der Waals surface area contributed by atoms with Gasteiger partial charge in [0.2, 0.25) is 0 Å². The van der Waals surface area contributed by atoms with Crippen LogP contribution in [-0.2, 0) is 0 Å². The quantitative estimate of drug-likeness (QED) is 0.462. The maximum atomic E-state index is 12.1. The van der Waals surface area contributed by atoms with Gasteiger partial charge in [0.1, 0.15) is 0 Å². The van der Waals surface area contributed by atoms with Crippen molar-refractivity contribution in [2.75, 3.05) is 0 Å². The summed E-state index contributed by atoms with van der Waals surface area (Å²) in [5, 5.41) is 9.83. The van der Waals surface area contributed by atoms with Crippen LogP contribution in [0.15, 0.2) is 18.2 Å². The summed E-state index contributed by atoms with van der Waals surface area (Å²) in [6.07, 6.45) is -5.11. The average molecular weight is 254 g/mol. The minimum Gasteiger partial charge on any atom is -0.284 e. The lowest BCUT2D eigenvalue weighted by Gasteiger charge is -2.06. The van der Waals surface area contributed by atoms with Gasteiger partial charge in [-0.2, -0.15) is 13.2 Å². The molecular formula is C8H3ClF3NO3. The van der Waals surface area contributed by atoms with E-state index in [1.54, 1.807) is 0 Å². The van der Waals surface area contributed by atoms with E-state index in [4.69, 9.17) is 11.6 Å². The highest BCUT2D eigenvalue weighted by Gasteiger charge is 2.40. The number of nitro groups is 1. The van der Waals surface area contributed by atoms with E-state index in [1.807, 2.05) is 0 Å². The van der Waals surface area contributed by atoms with Gasteiger partial charge < -0.3 is 0 Å². The Morgan fingerprint density at radius 1 is 1.38 bits per heavy atom. The molecule has 16 heavy (non-hydrogen) atoms. The maximum Gasteiger partial charge on any atom is 0.454 e. The number of halogens is 4. The fourth-order valence-electron chi connectivity index (χ4n) is 0.954. The third-order valence-electron chi connectivity index (χ3n) is 1.66. The fourth-order valence-corrected chi connectivity index (χ4v) is 1.16. The topological polar surface area (TPSA) is 60.2 Å². The molecule has 0 bridgehead atoms. The molecule has 1 aromatic rings. The predicted octanol–water partition coefficient (Wildman–Crippen LogP) is 2.99. The molecule has 4 nitrogen and oxygen atoms in total.